The molecule has 0 amide bonds. The van der Waals surface area contributed by atoms with E-state index >= 15 is 0 Å². The van der Waals surface area contributed by atoms with Crippen LogP contribution in [0.4, 0.5) is 0 Å². The third-order valence-corrected chi connectivity index (χ3v) is 4.89. The smallest absolute Gasteiger partial charge is 0.359 e. The third-order valence-electron chi connectivity index (χ3n) is 4.21. The van der Waals surface area contributed by atoms with Crippen LogP contribution >= 0.6 is 11.3 Å². The number of hydrogen-bond donors (Lipinski definition) is 0. The lowest BCUT2D eigenvalue weighted by atomic mass is 10.0. The van der Waals surface area contributed by atoms with E-state index in [1.165, 1.54) is 14.2 Å². The van der Waals surface area contributed by atoms with Crippen LogP contribution in [0.5, 0.6) is 0 Å². The van der Waals surface area contributed by atoms with Crippen molar-refractivity contribution < 1.29 is 19.1 Å². The van der Waals surface area contributed by atoms with E-state index in [9.17, 15) is 9.59 Å². The lowest BCUT2D eigenvalue weighted by Gasteiger charge is -2.08. The molecule has 4 rings (SSSR count). The van der Waals surface area contributed by atoms with Crippen LogP contribution in [0.3, 0.4) is 0 Å². The second-order valence-corrected chi connectivity index (χ2v) is 6.38. The lowest BCUT2D eigenvalue weighted by molar-refractivity contribution is 0.0553. The first kappa shape index (κ1) is 16.3. The minimum atomic E-state index is -0.686. The van der Waals surface area contributed by atoms with Gasteiger partial charge in [0.05, 0.1) is 25.4 Å². The SMILES string of the molecule is COC(=O)c1nn2c(-c3ccsc3)cc3ccccc3c2c1C(=O)OC. The van der Waals surface area contributed by atoms with Gasteiger partial charge in [-0.3, -0.25) is 0 Å². The molecule has 130 valence electrons. The number of benzene rings is 1. The number of thiophene rings is 1. The van der Waals surface area contributed by atoms with Gasteiger partial charge in [-0.2, -0.15) is 16.4 Å². The fraction of sp³-hybridized carbons (Fsp3) is 0.105. The quantitative estimate of drug-likeness (QED) is 0.516. The first-order valence-corrected chi connectivity index (χ1v) is 8.73. The van der Waals surface area contributed by atoms with Gasteiger partial charge < -0.3 is 9.47 Å². The summed E-state index contributed by atoms with van der Waals surface area (Å²) in [6.07, 6.45) is 0. The van der Waals surface area contributed by atoms with Gasteiger partial charge >= 0.3 is 11.9 Å². The molecule has 0 radical (unpaired) electrons. The Hall–Kier alpha value is -3.19. The first-order valence-electron chi connectivity index (χ1n) is 7.79. The van der Waals surface area contributed by atoms with E-state index in [1.807, 2.05) is 47.2 Å². The summed E-state index contributed by atoms with van der Waals surface area (Å²) < 4.78 is 11.4. The van der Waals surface area contributed by atoms with E-state index in [4.69, 9.17) is 9.47 Å². The van der Waals surface area contributed by atoms with Crippen molar-refractivity contribution in [3.8, 4) is 11.3 Å². The number of esters is 2. The molecule has 0 atom stereocenters. The molecule has 0 N–H and O–H groups in total. The average molecular weight is 366 g/mol. The highest BCUT2D eigenvalue weighted by Crippen LogP contribution is 2.33. The number of methoxy groups -OCH3 is 2. The van der Waals surface area contributed by atoms with Crippen LogP contribution in [0.1, 0.15) is 20.8 Å². The van der Waals surface area contributed by atoms with Crippen LogP contribution in [0.15, 0.2) is 47.2 Å². The standard InChI is InChI=1S/C19H14N2O4S/c1-24-18(22)15-16(19(23)25-2)20-21-14(12-7-8-26-10-12)9-11-5-3-4-6-13(11)17(15)21/h3-10H,1-2H3. The molecular weight excluding hydrogens is 352 g/mol. The van der Waals surface area contributed by atoms with Crippen LogP contribution in [-0.2, 0) is 9.47 Å². The molecule has 6 nitrogen and oxygen atoms in total. The zero-order valence-corrected chi connectivity index (χ0v) is 14.9. The van der Waals surface area contributed by atoms with Gasteiger partial charge in [-0.15, -0.1) is 0 Å². The number of nitrogens with zero attached hydrogens (tertiary/aromatic N) is 2. The molecule has 0 unspecified atom stereocenters. The fourth-order valence-electron chi connectivity index (χ4n) is 3.04. The predicted octanol–water partition coefficient (Wildman–Crippen LogP) is 3.79. The highest BCUT2D eigenvalue weighted by atomic mass is 32.1. The summed E-state index contributed by atoms with van der Waals surface area (Å²) in [6.45, 7) is 0. The van der Waals surface area contributed by atoms with Crippen LogP contribution in [0.2, 0.25) is 0 Å². The molecule has 4 aromatic rings. The molecule has 0 bridgehead atoms. The highest BCUT2D eigenvalue weighted by molar-refractivity contribution is 7.08. The number of rotatable bonds is 3. The van der Waals surface area contributed by atoms with Crippen molar-refractivity contribution in [3.05, 3.63) is 58.4 Å². The van der Waals surface area contributed by atoms with Crippen molar-refractivity contribution in [2.75, 3.05) is 14.2 Å². The Morgan fingerprint density at radius 1 is 1.08 bits per heavy atom. The van der Waals surface area contributed by atoms with Crippen molar-refractivity contribution in [1.82, 2.24) is 9.61 Å². The Morgan fingerprint density at radius 2 is 1.85 bits per heavy atom. The Morgan fingerprint density at radius 3 is 2.54 bits per heavy atom. The predicted molar refractivity (Wildman–Crippen MR) is 98.7 cm³/mol. The average Bonchev–Trinajstić information content (AvgIpc) is 3.34. The zero-order valence-electron chi connectivity index (χ0n) is 14.1. The molecule has 7 heteroatoms. The Balaban J connectivity index is 2.22. The Bertz CT molecular complexity index is 1150. The normalized spacial score (nSPS) is 11.0. The van der Waals surface area contributed by atoms with Gasteiger partial charge in [-0.05, 0) is 22.9 Å². The molecule has 1 aromatic carbocycles. The number of pyridine rings is 1. The molecule has 3 aromatic heterocycles. The molecule has 0 saturated heterocycles. The lowest BCUT2D eigenvalue weighted by Crippen LogP contribution is -2.10. The molecule has 0 spiro atoms. The highest BCUT2D eigenvalue weighted by Gasteiger charge is 2.28. The monoisotopic (exact) mass is 366 g/mol. The summed E-state index contributed by atoms with van der Waals surface area (Å²) in [6, 6.07) is 11.6. The van der Waals surface area contributed by atoms with E-state index in [0.29, 0.717) is 5.52 Å². The number of carbonyl (C=O) groups is 2. The van der Waals surface area contributed by atoms with Crippen LogP contribution in [0.25, 0.3) is 27.5 Å². The van der Waals surface area contributed by atoms with Crippen LogP contribution in [-0.4, -0.2) is 35.8 Å². The fourth-order valence-corrected chi connectivity index (χ4v) is 3.69. The minimum Gasteiger partial charge on any atom is -0.465 e. The largest absolute Gasteiger partial charge is 0.465 e. The first-order chi connectivity index (χ1) is 12.7. The number of carbonyl (C=O) groups excluding carboxylic acids is 2. The molecule has 0 aliphatic rings. The molecule has 0 aliphatic carbocycles. The molecular formula is C19H14N2O4S. The maximum atomic E-state index is 12.5. The summed E-state index contributed by atoms with van der Waals surface area (Å²) in [5.41, 5.74) is 2.29. The van der Waals surface area contributed by atoms with Gasteiger partial charge in [0, 0.05) is 16.3 Å². The number of aromatic nitrogens is 2. The Kier molecular flexibility index (Phi) is 3.93. The van der Waals surface area contributed by atoms with E-state index < -0.39 is 11.9 Å². The van der Waals surface area contributed by atoms with Gasteiger partial charge in [0.15, 0.2) is 5.69 Å². The maximum absolute atomic E-state index is 12.5. The summed E-state index contributed by atoms with van der Waals surface area (Å²) in [7, 11) is 2.53. The number of ether oxygens (including phenoxy) is 2. The maximum Gasteiger partial charge on any atom is 0.359 e. The van der Waals surface area contributed by atoms with Crippen molar-refractivity contribution in [2.45, 2.75) is 0 Å². The topological polar surface area (TPSA) is 69.9 Å². The minimum absolute atomic E-state index is 0.0628. The van der Waals surface area contributed by atoms with Crippen LogP contribution < -0.4 is 0 Å². The van der Waals surface area contributed by atoms with E-state index in [2.05, 4.69) is 5.10 Å². The van der Waals surface area contributed by atoms with E-state index in [0.717, 1.165) is 22.0 Å². The van der Waals surface area contributed by atoms with Gasteiger partial charge in [0.25, 0.3) is 0 Å². The van der Waals surface area contributed by atoms with Crippen LogP contribution in [0, 0.1) is 0 Å². The van der Waals surface area contributed by atoms with Crippen molar-refractivity contribution in [2.24, 2.45) is 0 Å². The third kappa shape index (κ3) is 2.36. The number of hydrogen-bond acceptors (Lipinski definition) is 6. The zero-order chi connectivity index (χ0) is 18.3. The summed E-state index contributed by atoms with van der Waals surface area (Å²) in [4.78, 5) is 24.7. The molecule has 0 aliphatic heterocycles. The van der Waals surface area contributed by atoms with Crippen molar-refractivity contribution >= 4 is 39.6 Å². The van der Waals surface area contributed by atoms with Crippen molar-refractivity contribution in [1.29, 1.82) is 0 Å². The van der Waals surface area contributed by atoms with Crippen molar-refractivity contribution in [3.63, 3.8) is 0 Å². The van der Waals surface area contributed by atoms with E-state index in [-0.39, 0.29) is 11.3 Å². The van der Waals surface area contributed by atoms with Gasteiger partial charge in [0.1, 0.15) is 5.56 Å². The summed E-state index contributed by atoms with van der Waals surface area (Å²) in [5.74, 6) is -1.32. The van der Waals surface area contributed by atoms with Gasteiger partial charge in [-0.1, -0.05) is 24.3 Å². The summed E-state index contributed by atoms with van der Waals surface area (Å²) in [5, 5.41) is 10.1. The van der Waals surface area contributed by atoms with E-state index in [1.54, 1.807) is 15.9 Å². The Labute approximate surface area is 152 Å². The molecule has 3 heterocycles. The van der Waals surface area contributed by atoms with Gasteiger partial charge in [0.2, 0.25) is 0 Å². The van der Waals surface area contributed by atoms with Gasteiger partial charge in [-0.25, -0.2) is 14.1 Å². The second-order valence-electron chi connectivity index (χ2n) is 5.60. The molecule has 0 fully saturated rings. The second kappa shape index (κ2) is 6.27. The summed E-state index contributed by atoms with van der Waals surface area (Å²) >= 11 is 1.56. The molecule has 26 heavy (non-hydrogen) atoms. The number of fused-ring (bicyclic) bond motifs is 3. The molecule has 0 saturated carbocycles.